The highest BCUT2D eigenvalue weighted by Crippen LogP contribution is 2.13. The minimum Gasteiger partial charge on any atom is -0.365 e. The van der Waals surface area contributed by atoms with Crippen LogP contribution in [0.1, 0.15) is 0 Å². The van der Waals surface area contributed by atoms with Gasteiger partial charge in [0.15, 0.2) is 0 Å². The molecule has 0 unspecified atom stereocenters. The highest BCUT2D eigenvalue weighted by atomic mass is 16.2. The molecule has 0 radical (unpaired) electrons. The standard InChI is InChI=1S/C18H22N4O/c1-20(16-7-3-2-4-8-16)15-18(23)22-13-11-21(12-14-22)17-9-5-6-10-19-17/h2-10H,11-15H2,1H3/p+1. The number of piperazine rings is 1. The van der Waals surface area contributed by atoms with E-state index in [9.17, 15) is 4.79 Å². The predicted molar refractivity (Wildman–Crippen MR) is 91.5 cm³/mol. The molecule has 1 fully saturated rings. The van der Waals surface area contributed by atoms with Crippen molar-refractivity contribution in [1.29, 1.82) is 0 Å². The minimum absolute atomic E-state index is 0.188. The Morgan fingerprint density at radius 1 is 1.04 bits per heavy atom. The first kappa shape index (κ1) is 15.3. The van der Waals surface area contributed by atoms with Crippen LogP contribution in [0.5, 0.6) is 0 Å². The zero-order valence-electron chi connectivity index (χ0n) is 13.5. The fraction of sp³-hybridized carbons (Fsp3) is 0.333. The van der Waals surface area contributed by atoms with Crippen LogP contribution < -0.4 is 14.8 Å². The van der Waals surface area contributed by atoms with Crippen molar-refractivity contribution < 1.29 is 9.78 Å². The van der Waals surface area contributed by atoms with E-state index in [0.717, 1.165) is 37.7 Å². The van der Waals surface area contributed by atoms with E-state index in [1.54, 1.807) is 0 Å². The van der Waals surface area contributed by atoms with Gasteiger partial charge in [0.2, 0.25) is 5.91 Å². The van der Waals surface area contributed by atoms with Crippen LogP contribution in [0.4, 0.5) is 11.5 Å². The molecule has 0 atom stereocenters. The number of H-pyrrole nitrogens is 1. The Kier molecular flexibility index (Phi) is 4.76. The summed E-state index contributed by atoms with van der Waals surface area (Å²) in [6.07, 6.45) is 1.93. The van der Waals surface area contributed by atoms with Crippen molar-refractivity contribution in [2.45, 2.75) is 0 Å². The van der Waals surface area contributed by atoms with Crippen molar-refractivity contribution in [2.24, 2.45) is 0 Å². The van der Waals surface area contributed by atoms with Crippen molar-refractivity contribution in [1.82, 2.24) is 4.90 Å². The molecule has 1 saturated heterocycles. The summed E-state index contributed by atoms with van der Waals surface area (Å²) in [6.45, 7) is 3.68. The quantitative estimate of drug-likeness (QED) is 0.854. The van der Waals surface area contributed by atoms with Crippen LogP contribution in [0.15, 0.2) is 54.7 Å². The zero-order valence-corrected chi connectivity index (χ0v) is 13.5. The first-order chi connectivity index (χ1) is 11.2. The molecular formula is C18H23N4O+. The van der Waals surface area contributed by atoms with E-state index in [4.69, 9.17) is 0 Å². The van der Waals surface area contributed by atoms with E-state index in [1.165, 1.54) is 0 Å². The summed E-state index contributed by atoms with van der Waals surface area (Å²) < 4.78 is 0. The summed E-state index contributed by atoms with van der Waals surface area (Å²) >= 11 is 0. The summed E-state index contributed by atoms with van der Waals surface area (Å²) in [5.41, 5.74) is 1.07. The minimum atomic E-state index is 0.188. The molecule has 5 heteroatoms. The second kappa shape index (κ2) is 7.13. The molecule has 0 spiro atoms. The van der Waals surface area contributed by atoms with Crippen LogP contribution in [0.3, 0.4) is 0 Å². The molecule has 120 valence electrons. The number of para-hydroxylation sites is 1. The topological polar surface area (TPSA) is 40.9 Å². The van der Waals surface area contributed by atoms with Gasteiger partial charge in [0, 0.05) is 18.8 Å². The molecule has 3 rings (SSSR count). The molecule has 2 aromatic rings. The van der Waals surface area contributed by atoms with Crippen molar-refractivity contribution in [3.8, 4) is 0 Å². The van der Waals surface area contributed by atoms with Gasteiger partial charge in [0.1, 0.15) is 13.1 Å². The van der Waals surface area contributed by atoms with Gasteiger partial charge < -0.3 is 9.80 Å². The summed E-state index contributed by atoms with van der Waals surface area (Å²) in [5.74, 6) is 1.30. The fourth-order valence-electron chi connectivity index (χ4n) is 2.85. The molecule has 1 N–H and O–H groups in total. The highest BCUT2D eigenvalue weighted by Gasteiger charge is 2.26. The second-order valence-electron chi connectivity index (χ2n) is 5.81. The molecule has 1 amide bonds. The first-order valence-electron chi connectivity index (χ1n) is 7.99. The summed E-state index contributed by atoms with van der Waals surface area (Å²) in [4.78, 5) is 22.0. The molecule has 0 aliphatic carbocycles. The molecule has 1 aliphatic heterocycles. The maximum atomic E-state index is 12.5. The maximum Gasteiger partial charge on any atom is 0.274 e. The van der Waals surface area contributed by atoms with Gasteiger partial charge in [-0.3, -0.25) is 9.69 Å². The third-order valence-corrected chi connectivity index (χ3v) is 4.24. The van der Waals surface area contributed by atoms with Crippen molar-refractivity contribution in [3.05, 3.63) is 54.7 Å². The van der Waals surface area contributed by atoms with Gasteiger partial charge in [-0.05, 0) is 18.2 Å². The number of carbonyl (C=O) groups is 1. The number of carbonyl (C=O) groups excluding carboxylic acids is 1. The van der Waals surface area contributed by atoms with E-state index in [0.29, 0.717) is 6.54 Å². The molecular weight excluding hydrogens is 288 g/mol. The number of hydrogen-bond acceptors (Lipinski definition) is 3. The van der Waals surface area contributed by atoms with Gasteiger partial charge in [0.25, 0.3) is 5.82 Å². The largest absolute Gasteiger partial charge is 0.365 e. The van der Waals surface area contributed by atoms with Crippen LogP contribution in [-0.4, -0.2) is 50.6 Å². The van der Waals surface area contributed by atoms with Crippen molar-refractivity contribution in [3.63, 3.8) is 0 Å². The van der Waals surface area contributed by atoms with Gasteiger partial charge in [-0.25, -0.2) is 4.98 Å². The monoisotopic (exact) mass is 311 g/mol. The van der Waals surface area contributed by atoms with E-state index in [2.05, 4.69) is 16.0 Å². The lowest BCUT2D eigenvalue weighted by Gasteiger charge is -2.32. The Bertz CT molecular complexity index is 624. The Morgan fingerprint density at radius 2 is 1.74 bits per heavy atom. The lowest BCUT2D eigenvalue weighted by Crippen LogP contribution is -2.52. The predicted octanol–water partition coefficient (Wildman–Crippen LogP) is 1.29. The average molecular weight is 311 g/mol. The third kappa shape index (κ3) is 3.80. The molecule has 1 aromatic carbocycles. The van der Waals surface area contributed by atoms with Crippen LogP contribution in [0, 0.1) is 0 Å². The first-order valence-corrected chi connectivity index (χ1v) is 7.99. The number of rotatable bonds is 4. The normalized spacial score (nSPS) is 14.7. The molecule has 0 saturated carbocycles. The smallest absolute Gasteiger partial charge is 0.274 e. The molecule has 23 heavy (non-hydrogen) atoms. The van der Waals surface area contributed by atoms with Crippen LogP contribution in [-0.2, 0) is 4.79 Å². The molecule has 1 aromatic heterocycles. The van der Waals surface area contributed by atoms with Gasteiger partial charge >= 0.3 is 0 Å². The number of benzene rings is 1. The molecule has 0 bridgehead atoms. The van der Waals surface area contributed by atoms with E-state index < -0.39 is 0 Å². The number of nitrogens with one attached hydrogen (secondary N) is 1. The average Bonchev–Trinajstić information content (AvgIpc) is 2.63. The second-order valence-corrected chi connectivity index (χ2v) is 5.81. The van der Waals surface area contributed by atoms with Gasteiger partial charge in [-0.2, -0.15) is 0 Å². The Morgan fingerprint density at radius 3 is 2.39 bits per heavy atom. The lowest BCUT2D eigenvalue weighted by atomic mass is 10.2. The van der Waals surface area contributed by atoms with Crippen LogP contribution >= 0.6 is 0 Å². The molecule has 2 heterocycles. The lowest BCUT2D eigenvalue weighted by molar-refractivity contribution is -0.364. The van der Waals surface area contributed by atoms with Gasteiger partial charge in [0.05, 0.1) is 25.8 Å². The van der Waals surface area contributed by atoms with Crippen molar-refractivity contribution in [2.75, 3.05) is 49.6 Å². The molecule has 1 aliphatic rings. The summed E-state index contributed by atoms with van der Waals surface area (Å²) in [6, 6.07) is 16.1. The number of pyridine rings is 1. The Balaban J connectivity index is 1.52. The SMILES string of the molecule is CN(CC(=O)N1CCN(c2cccc[nH+]2)CC1)c1ccccc1. The molecule has 5 nitrogen and oxygen atoms in total. The number of nitrogens with zero attached hydrogens (tertiary/aromatic N) is 3. The number of aromatic nitrogens is 1. The number of anilines is 2. The number of hydrogen-bond donors (Lipinski definition) is 0. The van der Waals surface area contributed by atoms with Gasteiger partial charge in [-0.1, -0.05) is 24.3 Å². The summed E-state index contributed by atoms with van der Waals surface area (Å²) in [7, 11) is 1.96. The number of aromatic amines is 1. The van der Waals surface area contributed by atoms with Crippen molar-refractivity contribution >= 4 is 17.4 Å². The van der Waals surface area contributed by atoms with Crippen LogP contribution in [0.2, 0.25) is 0 Å². The number of amides is 1. The number of likely N-dealkylation sites (N-methyl/N-ethyl adjacent to an activating group) is 1. The van der Waals surface area contributed by atoms with E-state index in [1.807, 2.05) is 65.5 Å². The summed E-state index contributed by atoms with van der Waals surface area (Å²) in [5, 5.41) is 0. The van der Waals surface area contributed by atoms with E-state index in [-0.39, 0.29) is 5.91 Å². The van der Waals surface area contributed by atoms with Gasteiger partial charge in [-0.15, -0.1) is 0 Å². The zero-order chi connectivity index (χ0) is 16.1. The Labute approximate surface area is 137 Å². The Hall–Kier alpha value is -2.56. The highest BCUT2D eigenvalue weighted by molar-refractivity contribution is 5.81. The third-order valence-electron chi connectivity index (χ3n) is 4.24. The van der Waals surface area contributed by atoms with Crippen LogP contribution in [0.25, 0.3) is 0 Å². The van der Waals surface area contributed by atoms with E-state index >= 15 is 0 Å². The fourth-order valence-corrected chi connectivity index (χ4v) is 2.85. The maximum absolute atomic E-state index is 12.5.